The molecule has 1 aliphatic rings. The van der Waals surface area contributed by atoms with Gasteiger partial charge < -0.3 is 0 Å². The minimum absolute atomic E-state index is 0.623. The molecule has 0 fully saturated rings. The molecule has 0 bridgehead atoms. The van der Waals surface area contributed by atoms with Crippen LogP contribution in [0.1, 0.15) is 0 Å². The lowest BCUT2D eigenvalue weighted by atomic mass is 10.1. The summed E-state index contributed by atoms with van der Waals surface area (Å²) in [7, 11) is 0. The highest BCUT2D eigenvalue weighted by Crippen LogP contribution is 2.43. The van der Waals surface area contributed by atoms with Crippen LogP contribution >= 0.6 is 0 Å². The number of alkyl halides is 4. The predicted octanol–water partition coefficient (Wildman–Crippen LogP) is 2.42. The van der Waals surface area contributed by atoms with Gasteiger partial charge in [-0.05, 0) is 11.8 Å². The molecule has 0 aromatic rings. The Kier molecular flexibility index (Phi) is 1.63. The van der Waals surface area contributed by atoms with Gasteiger partial charge in [-0.2, -0.15) is 22.0 Å². The maximum Gasteiger partial charge on any atom is 0.377 e. The highest BCUT2D eigenvalue weighted by molar-refractivity contribution is 5.39. The Morgan fingerprint density at radius 2 is 1.50 bits per heavy atom. The maximum absolute atomic E-state index is 12.1. The van der Waals surface area contributed by atoms with Crippen LogP contribution in [0.15, 0.2) is 11.7 Å². The van der Waals surface area contributed by atoms with E-state index in [0.29, 0.717) is 5.92 Å². The standard InChI is InChI=1S/C6F6/c7-3-1-2-5(9,10)6(11,12)4(3)8. The molecule has 0 N–H and O–H groups in total. The molecule has 0 aromatic carbocycles. The average Bonchev–Trinajstić information content (AvgIpc) is 1.96. The first-order valence-electron chi connectivity index (χ1n) is 2.63. The summed E-state index contributed by atoms with van der Waals surface area (Å²) in [4.78, 5) is 0. The molecule has 0 atom stereocenters. The molecule has 0 radical (unpaired) electrons. The van der Waals surface area contributed by atoms with E-state index in [1.54, 1.807) is 0 Å². The summed E-state index contributed by atoms with van der Waals surface area (Å²) in [5, 5.41) is 0. The lowest BCUT2D eigenvalue weighted by Crippen LogP contribution is -2.41. The van der Waals surface area contributed by atoms with Crippen LogP contribution in [0.2, 0.25) is 0 Å². The van der Waals surface area contributed by atoms with E-state index in [9.17, 15) is 26.3 Å². The first-order valence-corrected chi connectivity index (χ1v) is 2.63. The summed E-state index contributed by atoms with van der Waals surface area (Å²) >= 11 is 0. The van der Waals surface area contributed by atoms with Crippen LogP contribution < -0.4 is 0 Å². The molecule has 0 heterocycles. The topological polar surface area (TPSA) is 0 Å². The number of rotatable bonds is 0. The van der Waals surface area contributed by atoms with Crippen molar-refractivity contribution in [2.75, 3.05) is 0 Å². The van der Waals surface area contributed by atoms with Crippen molar-refractivity contribution in [3.05, 3.63) is 11.7 Å². The SMILES string of the molecule is FC1=C(F)C(F)(F)C(F)(F)C#C1. The Hall–Kier alpha value is -1.12. The van der Waals surface area contributed by atoms with E-state index in [0.717, 1.165) is 5.92 Å². The molecule has 0 nitrogen and oxygen atoms in total. The van der Waals surface area contributed by atoms with Crippen molar-refractivity contribution in [1.82, 2.24) is 0 Å². The van der Waals surface area contributed by atoms with E-state index >= 15 is 0 Å². The van der Waals surface area contributed by atoms with Gasteiger partial charge in [0.15, 0.2) is 0 Å². The summed E-state index contributed by atoms with van der Waals surface area (Å²) in [5.74, 6) is -13.4. The quantitative estimate of drug-likeness (QED) is 0.402. The molecule has 6 heteroatoms. The van der Waals surface area contributed by atoms with E-state index in [1.165, 1.54) is 0 Å². The lowest BCUT2D eigenvalue weighted by molar-refractivity contribution is -0.160. The zero-order chi connectivity index (χ0) is 9.57. The molecule has 0 aliphatic heterocycles. The summed E-state index contributed by atoms with van der Waals surface area (Å²) in [6.45, 7) is 0. The molecular formula is C6F6. The third-order valence-electron chi connectivity index (χ3n) is 1.19. The van der Waals surface area contributed by atoms with E-state index in [-0.39, 0.29) is 0 Å². The lowest BCUT2D eigenvalue weighted by Gasteiger charge is -2.21. The molecule has 0 amide bonds. The second-order valence-corrected chi connectivity index (χ2v) is 2.03. The van der Waals surface area contributed by atoms with Crippen molar-refractivity contribution in [2.24, 2.45) is 0 Å². The van der Waals surface area contributed by atoms with Crippen molar-refractivity contribution in [3.8, 4) is 11.8 Å². The van der Waals surface area contributed by atoms with Gasteiger partial charge in [0.1, 0.15) is 0 Å². The van der Waals surface area contributed by atoms with Gasteiger partial charge in [0.25, 0.3) is 0 Å². The van der Waals surface area contributed by atoms with Crippen LogP contribution in [0.25, 0.3) is 0 Å². The van der Waals surface area contributed by atoms with E-state index < -0.39 is 23.5 Å². The molecule has 0 aromatic heterocycles. The van der Waals surface area contributed by atoms with Gasteiger partial charge in [0, 0.05) is 0 Å². The average molecular weight is 186 g/mol. The zero-order valence-corrected chi connectivity index (χ0v) is 5.27. The fourth-order valence-electron chi connectivity index (χ4n) is 0.542. The van der Waals surface area contributed by atoms with Crippen LogP contribution in [0.3, 0.4) is 0 Å². The third-order valence-corrected chi connectivity index (χ3v) is 1.19. The van der Waals surface area contributed by atoms with Crippen LogP contribution in [0.4, 0.5) is 26.3 Å². The highest BCUT2D eigenvalue weighted by atomic mass is 19.3. The Morgan fingerprint density at radius 1 is 1.00 bits per heavy atom. The van der Waals surface area contributed by atoms with Crippen molar-refractivity contribution in [3.63, 3.8) is 0 Å². The summed E-state index contributed by atoms with van der Waals surface area (Å²) in [6, 6.07) is 0. The van der Waals surface area contributed by atoms with E-state index in [4.69, 9.17) is 0 Å². The van der Waals surface area contributed by atoms with Crippen LogP contribution in [-0.4, -0.2) is 11.8 Å². The molecule has 0 saturated carbocycles. The number of hydrogen-bond acceptors (Lipinski definition) is 0. The first-order chi connectivity index (χ1) is 5.29. The summed E-state index contributed by atoms with van der Waals surface area (Å²) in [5.41, 5.74) is 0. The van der Waals surface area contributed by atoms with Gasteiger partial charge in [-0.15, -0.1) is 0 Å². The van der Waals surface area contributed by atoms with Gasteiger partial charge >= 0.3 is 11.8 Å². The van der Waals surface area contributed by atoms with Crippen molar-refractivity contribution in [1.29, 1.82) is 0 Å². The minimum Gasteiger partial charge on any atom is -0.201 e. The van der Waals surface area contributed by atoms with E-state index in [2.05, 4.69) is 0 Å². The Balaban J connectivity index is 3.28. The van der Waals surface area contributed by atoms with Crippen molar-refractivity contribution < 1.29 is 26.3 Å². The summed E-state index contributed by atoms with van der Waals surface area (Å²) in [6.07, 6.45) is 0. The molecule has 0 unspecified atom stereocenters. The minimum atomic E-state index is -5.16. The third kappa shape index (κ3) is 0.967. The predicted molar refractivity (Wildman–Crippen MR) is 26.9 cm³/mol. The molecule has 0 saturated heterocycles. The van der Waals surface area contributed by atoms with Gasteiger partial charge in [-0.1, -0.05) is 0 Å². The fourth-order valence-corrected chi connectivity index (χ4v) is 0.542. The molecule has 1 rings (SSSR count). The number of hydrogen-bond donors (Lipinski definition) is 0. The molecule has 0 spiro atoms. The molecule has 1 aliphatic carbocycles. The second-order valence-electron chi connectivity index (χ2n) is 2.03. The Labute approximate surface area is 62.9 Å². The van der Waals surface area contributed by atoms with Gasteiger partial charge in [0.2, 0.25) is 11.7 Å². The van der Waals surface area contributed by atoms with Crippen LogP contribution in [-0.2, 0) is 0 Å². The van der Waals surface area contributed by atoms with Gasteiger partial charge in [-0.25, -0.2) is 4.39 Å². The number of halogens is 6. The largest absolute Gasteiger partial charge is 0.377 e. The summed E-state index contributed by atoms with van der Waals surface area (Å²) < 4.78 is 72.2. The normalized spacial score (nSPS) is 24.8. The van der Waals surface area contributed by atoms with Crippen LogP contribution in [0.5, 0.6) is 0 Å². The van der Waals surface area contributed by atoms with Gasteiger partial charge in [0.05, 0.1) is 0 Å². The van der Waals surface area contributed by atoms with Gasteiger partial charge in [-0.3, -0.25) is 0 Å². The number of allylic oxidation sites excluding steroid dienone is 2. The smallest absolute Gasteiger partial charge is 0.201 e. The second kappa shape index (κ2) is 2.19. The maximum atomic E-state index is 12.1. The first kappa shape index (κ1) is 8.97. The molecular weight excluding hydrogens is 186 g/mol. The fraction of sp³-hybridized carbons (Fsp3) is 0.333. The van der Waals surface area contributed by atoms with E-state index in [1.807, 2.05) is 0 Å². The zero-order valence-electron chi connectivity index (χ0n) is 5.27. The van der Waals surface area contributed by atoms with Crippen LogP contribution in [0, 0.1) is 11.8 Å². The Bertz CT molecular complexity index is 302. The van der Waals surface area contributed by atoms with Crippen molar-refractivity contribution >= 4 is 0 Å². The molecule has 12 heavy (non-hydrogen) atoms. The Morgan fingerprint density at radius 3 is 1.92 bits per heavy atom. The molecule has 66 valence electrons. The monoisotopic (exact) mass is 186 g/mol. The van der Waals surface area contributed by atoms with Crippen molar-refractivity contribution in [2.45, 2.75) is 11.8 Å². The highest BCUT2D eigenvalue weighted by Gasteiger charge is 2.61.